The molecule has 6 nitrogen and oxygen atoms in total. The fourth-order valence-electron chi connectivity index (χ4n) is 1.30. The lowest BCUT2D eigenvalue weighted by atomic mass is 10.2. The van der Waals surface area contributed by atoms with E-state index in [1.165, 1.54) is 13.0 Å². The lowest BCUT2D eigenvalue weighted by Gasteiger charge is -2.13. The Morgan fingerprint density at radius 1 is 1.59 bits per heavy atom. The molecule has 17 heavy (non-hydrogen) atoms. The van der Waals surface area contributed by atoms with Gasteiger partial charge in [-0.15, -0.1) is 0 Å². The average Bonchev–Trinajstić information content (AvgIpc) is 2.14. The van der Waals surface area contributed by atoms with Crippen LogP contribution in [0.15, 0.2) is 6.07 Å². The number of rotatable bonds is 3. The molecule has 1 aromatic rings. The van der Waals surface area contributed by atoms with Gasteiger partial charge in [0.05, 0.1) is 5.69 Å². The molecule has 0 radical (unpaired) electrons. The number of nitrogen functional groups attached to an aromatic ring is 1. The Morgan fingerprint density at radius 3 is 2.71 bits per heavy atom. The van der Waals surface area contributed by atoms with Crippen molar-refractivity contribution in [2.75, 3.05) is 16.4 Å². The summed E-state index contributed by atoms with van der Waals surface area (Å²) in [4.78, 5) is 15.1. The van der Waals surface area contributed by atoms with E-state index < -0.39 is 0 Å². The summed E-state index contributed by atoms with van der Waals surface area (Å²) in [6.45, 7) is 5.22. The topological polar surface area (TPSA) is 104 Å². The van der Waals surface area contributed by atoms with Gasteiger partial charge < -0.3 is 16.4 Å². The predicted molar refractivity (Wildman–Crippen MR) is 66.4 cm³/mol. The Labute approximate surface area is 99.8 Å². The van der Waals surface area contributed by atoms with E-state index in [0.29, 0.717) is 11.6 Å². The predicted octanol–water partition coefficient (Wildman–Crippen LogP) is 1.31. The third-order valence-electron chi connectivity index (χ3n) is 1.89. The number of pyridine rings is 1. The van der Waals surface area contributed by atoms with Gasteiger partial charge in [0.2, 0.25) is 5.91 Å². The molecule has 0 fully saturated rings. The second kappa shape index (κ2) is 5.16. The van der Waals surface area contributed by atoms with E-state index in [-0.39, 0.29) is 23.2 Å². The fraction of sp³-hybridized carbons (Fsp3) is 0.364. The maximum absolute atomic E-state index is 10.9. The lowest BCUT2D eigenvalue weighted by Crippen LogP contribution is -2.15. The number of nitriles is 1. The van der Waals surface area contributed by atoms with E-state index in [1.807, 2.05) is 19.9 Å². The third kappa shape index (κ3) is 3.34. The van der Waals surface area contributed by atoms with Gasteiger partial charge in [0.1, 0.15) is 23.3 Å². The van der Waals surface area contributed by atoms with Crippen LogP contribution in [0.1, 0.15) is 26.3 Å². The van der Waals surface area contributed by atoms with Crippen molar-refractivity contribution >= 4 is 23.2 Å². The van der Waals surface area contributed by atoms with Crippen LogP contribution < -0.4 is 16.4 Å². The van der Waals surface area contributed by atoms with Crippen molar-refractivity contribution in [2.24, 2.45) is 0 Å². The van der Waals surface area contributed by atoms with E-state index in [9.17, 15) is 4.79 Å². The van der Waals surface area contributed by atoms with Gasteiger partial charge in [-0.2, -0.15) is 5.26 Å². The van der Waals surface area contributed by atoms with Crippen LogP contribution in [0.25, 0.3) is 0 Å². The molecule has 0 spiro atoms. The number of anilines is 3. The minimum atomic E-state index is -0.239. The Kier molecular flexibility index (Phi) is 3.88. The van der Waals surface area contributed by atoms with Crippen molar-refractivity contribution in [2.45, 2.75) is 26.8 Å². The quantitative estimate of drug-likeness (QED) is 0.730. The number of hydrogen-bond acceptors (Lipinski definition) is 5. The molecule has 0 aromatic carbocycles. The molecule has 0 aliphatic heterocycles. The minimum absolute atomic E-state index is 0.113. The molecular weight excluding hydrogens is 218 g/mol. The highest BCUT2D eigenvalue weighted by Crippen LogP contribution is 2.23. The summed E-state index contributed by atoms with van der Waals surface area (Å²) < 4.78 is 0. The van der Waals surface area contributed by atoms with Crippen molar-refractivity contribution in [3.05, 3.63) is 11.6 Å². The summed E-state index contributed by atoms with van der Waals surface area (Å²) in [7, 11) is 0. The molecule has 90 valence electrons. The van der Waals surface area contributed by atoms with E-state index in [0.717, 1.165) is 0 Å². The normalized spacial score (nSPS) is 9.82. The van der Waals surface area contributed by atoms with Crippen molar-refractivity contribution in [3.8, 4) is 6.07 Å². The van der Waals surface area contributed by atoms with E-state index >= 15 is 0 Å². The molecule has 0 saturated heterocycles. The van der Waals surface area contributed by atoms with Gasteiger partial charge in [-0.05, 0) is 13.8 Å². The number of nitrogens with two attached hydrogens (primary N) is 1. The number of amides is 1. The molecule has 0 aliphatic rings. The fourth-order valence-corrected chi connectivity index (χ4v) is 1.30. The summed E-state index contributed by atoms with van der Waals surface area (Å²) in [5, 5.41) is 14.5. The Bertz CT molecular complexity index is 475. The summed E-state index contributed by atoms with van der Waals surface area (Å²) in [5.74, 6) is 0.473. The Balaban J connectivity index is 3.19. The molecule has 0 unspecified atom stereocenters. The minimum Gasteiger partial charge on any atom is -0.397 e. The molecule has 0 saturated carbocycles. The number of hydrogen-bond donors (Lipinski definition) is 3. The van der Waals surface area contributed by atoms with Gasteiger partial charge in [0.25, 0.3) is 0 Å². The van der Waals surface area contributed by atoms with Crippen LogP contribution in [0.4, 0.5) is 17.3 Å². The molecule has 1 rings (SSSR count). The highest BCUT2D eigenvalue weighted by atomic mass is 16.1. The second-order valence-corrected chi connectivity index (χ2v) is 3.91. The summed E-state index contributed by atoms with van der Waals surface area (Å²) in [6.07, 6.45) is 0. The van der Waals surface area contributed by atoms with E-state index in [1.54, 1.807) is 0 Å². The van der Waals surface area contributed by atoms with Crippen LogP contribution >= 0.6 is 0 Å². The van der Waals surface area contributed by atoms with E-state index in [2.05, 4.69) is 15.6 Å². The molecule has 1 amide bonds. The zero-order valence-corrected chi connectivity index (χ0v) is 10.0. The smallest absolute Gasteiger partial charge is 0.222 e. The molecule has 1 heterocycles. The first kappa shape index (κ1) is 12.8. The van der Waals surface area contributed by atoms with Gasteiger partial charge in [-0.1, -0.05) is 0 Å². The molecule has 4 N–H and O–H groups in total. The summed E-state index contributed by atoms with van der Waals surface area (Å²) >= 11 is 0. The summed E-state index contributed by atoms with van der Waals surface area (Å²) in [5.41, 5.74) is 6.30. The van der Waals surface area contributed by atoms with Crippen LogP contribution in [-0.2, 0) is 4.79 Å². The molecular formula is C11H15N5O. The maximum Gasteiger partial charge on any atom is 0.222 e. The number of nitrogens with zero attached hydrogens (tertiary/aromatic N) is 2. The van der Waals surface area contributed by atoms with Crippen LogP contribution in [0, 0.1) is 11.3 Å². The van der Waals surface area contributed by atoms with Crippen molar-refractivity contribution in [1.29, 1.82) is 5.26 Å². The molecule has 0 atom stereocenters. The van der Waals surface area contributed by atoms with Gasteiger partial charge in [0, 0.05) is 19.0 Å². The standard InChI is InChI=1S/C11H15N5O/c1-6(2)14-11-8(5-12)9(13)4-10(16-11)15-7(3)17/h4,6H,1-3H3,(H4,13,14,15,16,17). The highest BCUT2D eigenvalue weighted by molar-refractivity contribution is 5.89. The number of carbonyl (C=O) groups is 1. The molecule has 6 heteroatoms. The summed E-state index contributed by atoms with van der Waals surface area (Å²) in [6, 6.07) is 3.56. The third-order valence-corrected chi connectivity index (χ3v) is 1.89. The van der Waals surface area contributed by atoms with Crippen molar-refractivity contribution < 1.29 is 4.79 Å². The Hall–Kier alpha value is -2.29. The van der Waals surface area contributed by atoms with Crippen molar-refractivity contribution in [3.63, 3.8) is 0 Å². The van der Waals surface area contributed by atoms with Gasteiger partial charge in [-0.3, -0.25) is 4.79 Å². The van der Waals surface area contributed by atoms with E-state index in [4.69, 9.17) is 11.0 Å². The highest BCUT2D eigenvalue weighted by Gasteiger charge is 2.11. The monoisotopic (exact) mass is 233 g/mol. The first-order valence-electron chi connectivity index (χ1n) is 5.18. The van der Waals surface area contributed by atoms with Crippen LogP contribution in [0.3, 0.4) is 0 Å². The lowest BCUT2D eigenvalue weighted by molar-refractivity contribution is -0.114. The molecule has 1 aromatic heterocycles. The maximum atomic E-state index is 10.9. The van der Waals surface area contributed by atoms with Gasteiger partial charge in [0.15, 0.2) is 0 Å². The number of aromatic nitrogens is 1. The zero-order valence-electron chi connectivity index (χ0n) is 10.0. The van der Waals surface area contributed by atoms with Crippen LogP contribution in [0.2, 0.25) is 0 Å². The van der Waals surface area contributed by atoms with Gasteiger partial charge >= 0.3 is 0 Å². The van der Waals surface area contributed by atoms with Crippen LogP contribution in [0.5, 0.6) is 0 Å². The zero-order chi connectivity index (χ0) is 13.0. The first-order valence-corrected chi connectivity index (χ1v) is 5.18. The number of nitrogens with one attached hydrogen (secondary N) is 2. The SMILES string of the molecule is CC(=O)Nc1cc(N)c(C#N)c(NC(C)C)n1. The second-order valence-electron chi connectivity index (χ2n) is 3.91. The average molecular weight is 233 g/mol. The Morgan fingerprint density at radius 2 is 2.24 bits per heavy atom. The van der Waals surface area contributed by atoms with Crippen LogP contribution in [-0.4, -0.2) is 16.9 Å². The van der Waals surface area contributed by atoms with Gasteiger partial charge in [-0.25, -0.2) is 4.98 Å². The first-order chi connectivity index (χ1) is 7.93. The molecule has 0 bridgehead atoms. The molecule has 0 aliphatic carbocycles. The van der Waals surface area contributed by atoms with Crippen molar-refractivity contribution in [1.82, 2.24) is 4.98 Å². The number of carbonyl (C=O) groups excluding carboxylic acids is 1. The largest absolute Gasteiger partial charge is 0.397 e.